The molecule has 0 saturated carbocycles. The van der Waals surface area contributed by atoms with Gasteiger partial charge in [0.15, 0.2) is 0 Å². The number of nitrogens with one attached hydrogen (secondary N) is 1. The quantitative estimate of drug-likeness (QED) is 0.904. The Hall–Kier alpha value is -1.50. The molecule has 1 unspecified atom stereocenters. The monoisotopic (exact) mass is 335 g/mol. The van der Waals surface area contributed by atoms with E-state index in [1.165, 1.54) is 6.07 Å². The van der Waals surface area contributed by atoms with Crippen molar-refractivity contribution in [2.75, 3.05) is 46.4 Å². The minimum Gasteiger partial charge on any atom is -0.379 e. The lowest BCUT2D eigenvalue weighted by Crippen LogP contribution is -2.50. The molecule has 2 aliphatic rings. The Morgan fingerprint density at radius 2 is 1.88 bits per heavy atom. The fraction of sp³-hybridized carbons (Fsp3) is 0.611. The van der Waals surface area contributed by atoms with E-state index in [0.717, 1.165) is 25.9 Å². The van der Waals surface area contributed by atoms with Crippen LogP contribution in [0, 0.1) is 5.82 Å². The smallest absolute Gasteiger partial charge is 0.244 e. The van der Waals surface area contributed by atoms with Gasteiger partial charge in [0.25, 0.3) is 0 Å². The molecule has 0 spiro atoms. The Bertz CT molecular complexity index is 555. The summed E-state index contributed by atoms with van der Waals surface area (Å²) in [6.07, 6.45) is 1.88. The molecular formula is C18H26FN3O2. The second-order valence-electron chi connectivity index (χ2n) is 6.46. The Morgan fingerprint density at radius 3 is 2.50 bits per heavy atom. The summed E-state index contributed by atoms with van der Waals surface area (Å²) in [5.74, 6) is -0.302. The van der Waals surface area contributed by atoms with Crippen LogP contribution < -0.4 is 5.32 Å². The molecule has 1 N–H and O–H groups in total. The number of carbonyl (C=O) groups excluding carboxylic acids is 1. The summed E-state index contributed by atoms with van der Waals surface area (Å²) in [6.45, 7) is 3.91. The maximum Gasteiger partial charge on any atom is 0.244 e. The van der Waals surface area contributed by atoms with E-state index in [2.05, 4.69) is 10.2 Å². The standard InChI is InChI=1S/C18H26FN3O2/c1-20-14-6-8-22(9-7-14)18(23)17(21-10-12-24-13-11-21)15-4-2-3-5-16(15)19/h2-5,14,17,20H,6-13H2,1H3. The van der Waals surface area contributed by atoms with Crippen molar-refractivity contribution in [3.05, 3.63) is 35.6 Å². The fourth-order valence-electron chi connectivity index (χ4n) is 3.58. The zero-order chi connectivity index (χ0) is 16.9. The number of nitrogens with zero attached hydrogens (tertiary/aromatic N) is 2. The van der Waals surface area contributed by atoms with Gasteiger partial charge in [0, 0.05) is 37.8 Å². The first-order valence-corrected chi connectivity index (χ1v) is 8.73. The molecule has 6 heteroatoms. The van der Waals surface area contributed by atoms with Crippen molar-refractivity contribution in [3.8, 4) is 0 Å². The van der Waals surface area contributed by atoms with E-state index in [-0.39, 0.29) is 11.7 Å². The van der Waals surface area contributed by atoms with Crippen molar-refractivity contribution in [2.45, 2.75) is 24.9 Å². The summed E-state index contributed by atoms with van der Waals surface area (Å²) in [5.41, 5.74) is 0.472. The van der Waals surface area contributed by atoms with Gasteiger partial charge in [-0.05, 0) is 26.0 Å². The number of benzene rings is 1. The average molecular weight is 335 g/mol. The number of carbonyl (C=O) groups is 1. The van der Waals surface area contributed by atoms with Crippen LogP contribution in [-0.2, 0) is 9.53 Å². The van der Waals surface area contributed by atoms with Crippen LogP contribution in [0.4, 0.5) is 4.39 Å². The summed E-state index contributed by atoms with van der Waals surface area (Å²) in [4.78, 5) is 17.1. The summed E-state index contributed by atoms with van der Waals surface area (Å²) < 4.78 is 19.8. The van der Waals surface area contributed by atoms with E-state index in [1.54, 1.807) is 18.2 Å². The molecular weight excluding hydrogens is 309 g/mol. The van der Waals surface area contributed by atoms with Crippen molar-refractivity contribution >= 4 is 5.91 Å². The highest BCUT2D eigenvalue weighted by atomic mass is 19.1. The highest BCUT2D eigenvalue weighted by Gasteiger charge is 2.35. The fourth-order valence-corrected chi connectivity index (χ4v) is 3.58. The van der Waals surface area contributed by atoms with Crippen LogP contribution in [0.25, 0.3) is 0 Å². The highest BCUT2D eigenvalue weighted by Crippen LogP contribution is 2.27. The van der Waals surface area contributed by atoms with Crippen LogP contribution in [0.15, 0.2) is 24.3 Å². The maximum absolute atomic E-state index is 14.4. The molecule has 1 aromatic rings. The van der Waals surface area contributed by atoms with E-state index >= 15 is 0 Å². The lowest BCUT2D eigenvalue weighted by Gasteiger charge is -2.39. The third-order valence-corrected chi connectivity index (χ3v) is 5.06. The summed E-state index contributed by atoms with van der Waals surface area (Å²) in [7, 11) is 1.96. The molecule has 0 radical (unpaired) electrons. The molecule has 2 aliphatic heterocycles. The Morgan fingerprint density at radius 1 is 1.21 bits per heavy atom. The third-order valence-electron chi connectivity index (χ3n) is 5.06. The topological polar surface area (TPSA) is 44.8 Å². The largest absolute Gasteiger partial charge is 0.379 e. The second-order valence-corrected chi connectivity index (χ2v) is 6.46. The van der Waals surface area contributed by atoms with E-state index in [1.807, 2.05) is 11.9 Å². The number of likely N-dealkylation sites (tertiary alicyclic amines) is 1. The van der Waals surface area contributed by atoms with Gasteiger partial charge in [-0.3, -0.25) is 9.69 Å². The lowest BCUT2D eigenvalue weighted by molar-refractivity contribution is -0.140. The number of hydrogen-bond acceptors (Lipinski definition) is 4. The minimum absolute atomic E-state index is 0.0107. The molecule has 24 heavy (non-hydrogen) atoms. The number of rotatable bonds is 4. The van der Waals surface area contributed by atoms with Crippen molar-refractivity contribution in [1.29, 1.82) is 0 Å². The predicted octanol–water partition coefficient (Wildman–Crippen LogP) is 1.41. The molecule has 5 nitrogen and oxygen atoms in total. The van der Waals surface area contributed by atoms with Crippen LogP contribution >= 0.6 is 0 Å². The summed E-state index contributed by atoms with van der Waals surface area (Å²) >= 11 is 0. The van der Waals surface area contributed by atoms with Crippen LogP contribution in [-0.4, -0.2) is 68.2 Å². The maximum atomic E-state index is 14.4. The van der Waals surface area contributed by atoms with Crippen LogP contribution in [0.1, 0.15) is 24.4 Å². The number of amides is 1. The molecule has 1 amide bonds. The van der Waals surface area contributed by atoms with E-state index in [9.17, 15) is 9.18 Å². The van der Waals surface area contributed by atoms with Gasteiger partial charge in [-0.1, -0.05) is 18.2 Å². The summed E-state index contributed by atoms with van der Waals surface area (Å²) in [5, 5.41) is 3.27. The van der Waals surface area contributed by atoms with E-state index in [0.29, 0.717) is 37.9 Å². The van der Waals surface area contributed by atoms with Gasteiger partial charge >= 0.3 is 0 Å². The third kappa shape index (κ3) is 3.77. The molecule has 2 fully saturated rings. The SMILES string of the molecule is CNC1CCN(C(=O)C(c2ccccc2F)N2CCOCC2)CC1. The van der Waals surface area contributed by atoms with Gasteiger partial charge in [0.05, 0.1) is 13.2 Å². The Kier molecular flexibility index (Phi) is 5.81. The van der Waals surface area contributed by atoms with Crippen LogP contribution in [0.3, 0.4) is 0 Å². The first-order chi connectivity index (χ1) is 11.7. The first kappa shape index (κ1) is 17.3. The van der Waals surface area contributed by atoms with Gasteiger partial charge < -0.3 is 15.0 Å². The zero-order valence-electron chi connectivity index (χ0n) is 14.2. The van der Waals surface area contributed by atoms with E-state index < -0.39 is 6.04 Å². The molecule has 0 bridgehead atoms. The molecule has 3 rings (SSSR count). The summed E-state index contributed by atoms with van der Waals surface area (Å²) in [6, 6.07) is 6.53. The molecule has 0 aliphatic carbocycles. The number of ether oxygens (including phenoxy) is 1. The Labute approximate surface area is 142 Å². The normalized spacial score (nSPS) is 21.7. The van der Waals surface area contributed by atoms with Crippen LogP contribution in [0.2, 0.25) is 0 Å². The van der Waals surface area contributed by atoms with Gasteiger partial charge in [0.1, 0.15) is 11.9 Å². The Balaban J connectivity index is 1.81. The van der Waals surface area contributed by atoms with Crippen molar-refractivity contribution in [3.63, 3.8) is 0 Å². The van der Waals surface area contributed by atoms with E-state index in [4.69, 9.17) is 4.74 Å². The first-order valence-electron chi connectivity index (χ1n) is 8.73. The van der Waals surface area contributed by atoms with Gasteiger partial charge in [-0.25, -0.2) is 4.39 Å². The lowest BCUT2D eigenvalue weighted by atomic mass is 9.99. The molecule has 0 aromatic heterocycles. The predicted molar refractivity (Wildman–Crippen MR) is 90.2 cm³/mol. The molecule has 2 saturated heterocycles. The number of morpholine rings is 1. The molecule has 1 atom stereocenters. The minimum atomic E-state index is -0.554. The number of piperidine rings is 1. The zero-order valence-corrected chi connectivity index (χ0v) is 14.2. The van der Waals surface area contributed by atoms with Crippen molar-refractivity contribution < 1.29 is 13.9 Å². The highest BCUT2D eigenvalue weighted by molar-refractivity contribution is 5.83. The van der Waals surface area contributed by atoms with Gasteiger partial charge in [-0.15, -0.1) is 0 Å². The number of hydrogen-bond donors (Lipinski definition) is 1. The molecule has 1 aromatic carbocycles. The molecule has 2 heterocycles. The van der Waals surface area contributed by atoms with Gasteiger partial charge in [-0.2, -0.15) is 0 Å². The molecule has 132 valence electrons. The second kappa shape index (κ2) is 8.05. The van der Waals surface area contributed by atoms with Crippen molar-refractivity contribution in [2.24, 2.45) is 0 Å². The van der Waals surface area contributed by atoms with Crippen molar-refractivity contribution in [1.82, 2.24) is 15.1 Å². The van der Waals surface area contributed by atoms with Gasteiger partial charge in [0.2, 0.25) is 5.91 Å². The van der Waals surface area contributed by atoms with Crippen LogP contribution in [0.5, 0.6) is 0 Å². The number of halogens is 1. The average Bonchev–Trinajstić information content (AvgIpc) is 2.64.